The first kappa shape index (κ1) is 36.7. The Morgan fingerprint density at radius 3 is 1.57 bits per heavy atom. The molecule has 0 saturated carbocycles. The molecule has 0 atom stereocenters. The number of para-hydroxylation sites is 3. The van der Waals surface area contributed by atoms with Crippen molar-refractivity contribution in [2.75, 3.05) is 10.2 Å². The topological polar surface area (TPSA) is 41.6 Å². The Balaban J connectivity index is 0.937. The Kier molecular flexibility index (Phi) is 8.65. The van der Waals surface area contributed by atoms with Gasteiger partial charge in [0.25, 0.3) is 0 Å². The second-order valence-electron chi connectivity index (χ2n) is 16.8. The van der Waals surface area contributed by atoms with Gasteiger partial charge in [0.05, 0.1) is 5.69 Å². The largest absolute Gasteiger partial charge is 0.456 e. The van der Waals surface area contributed by atoms with Crippen molar-refractivity contribution in [2.24, 2.45) is 0 Å². The molecule has 0 aliphatic heterocycles. The minimum atomic E-state index is 0.337. The summed E-state index contributed by atoms with van der Waals surface area (Å²) in [5, 5.41) is 12.4. The van der Waals surface area contributed by atoms with E-state index in [1.54, 1.807) is 0 Å². The summed E-state index contributed by atoms with van der Waals surface area (Å²) in [6.07, 6.45) is 0. The summed E-state index contributed by atoms with van der Waals surface area (Å²) in [4.78, 5) is 2.42. The smallest absolute Gasteiger partial charge is 0.136 e. The molecule has 0 aliphatic carbocycles. The Bertz CT molecular complexity index is 3690. The van der Waals surface area contributed by atoms with E-state index in [-0.39, 0.29) is 0 Å². The Morgan fingerprint density at radius 2 is 0.905 bits per heavy atom. The van der Waals surface area contributed by atoms with Crippen LogP contribution in [-0.4, -0.2) is 0 Å². The molecule has 12 rings (SSSR count). The highest BCUT2D eigenvalue weighted by molar-refractivity contribution is 6.18. The first-order valence-corrected chi connectivity index (χ1v) is 21.7. The zero-order valence-electron chi connectivity index (χ0n) is 35.0. The van der Waals surface area contributed by atoms with Crippen molar-refractivity contribution < 1.29 is 8.83 Å². The van der Waals surface area contributed by atoms with E-state index in [1.807, 2.05) is 6.07 Å². The number of hydrogen-bond donors (Lipinski definition) is 1. The van der Waals surface area contributed by atoms with Crippen LogP contribution in [0.4, 0.5) is 28.4 Å². The number of hydrogen-bond acceptors (Lipinski definition) is 4. The molecule has 0 unspecified atom stereocenters. The SMILES string of the molecule is CC(C)c1ccccc1N(c1ccc2cc3c(cc2c1)oc1cc2c(cc13)oc1cc3cc(Nc4ccccc4-c4ccccc4)ccc3cc12)c1ccccc1-c1ccccc1. The summed E-state index contributed by atoms with van der Waals surface area (Å²) in [5.41, 5.74) is 14.9. The maximum atomic E-state index is 6.72. The minimum absolute atomic E-state index is 0.337. The fourth-order valence-corrected chi connectivity index (χ4v) is 9.47. The number of rotatable bonds is 8. The lowest BCUT2D eigenvalue weighted by Gasteiger charge is -2.30. The summed E-state index contributed by atoms with van der Waals surface area (Å²) < 4.78 is 13.4. The Morgan fingerprint density at radius 1 is 0.397 bits per heavy atom. The van der Waals surface area contributed by atoms with Gasteiger partial charge >= 0.3 is 0 Å². The number of furan rings is 2. The quantitative estimate of drug-likeness (QED) is 0.166. The molecular weight excluding hydrogens is 769 g/mol. The third kappa shape index (κ3) is 6.38. The van der Waals surface area contributed by atoms with Crippen LogP contribution in [0.15, 0.2) is 215 Å². The third-order valence-electron chi connectivity index (χ3n) is 12.5. The average Bonchev–Trinajstić information content (AvgIpc) is 3.85. The number of anilines is 5. The standard InChI is InChI=1S/C59H42N2O2/c1-37(2)46-19-10-13-23-54(46)61(55-24-14-11-21-48(55)39-17-7-4-8-18-39)45-28-26-41-32-50-52-36-58-51(35-59(52)63-57(50)34-43(41)30-45)49-31-40-25-27-44(29-42(40)33-56(49)62-58)60-53-22-12-9-20-47(53)38-15-5-3-6-16-38/h3-37,60H,1-2H3. The van der Waals surface area contributed by atoms with Gasteiger partial charge in [-0.15, -0.1) is 0 Å². The van der Waals surface area contributed by atoms with Crippen LogP contribution in [0.2, 0.25) is 0 Å². The summed E-state index contributed by atoms with van der Waals surface area (Å²) in [5.74, 6) is 0.337. The van der Waals surface area contributed by atoms with Crippen LogP contribution in [0.25, 0.3) is 87.7 Å². The molecule has 0 spiro atoms. The van der Waals surface area contributed by atoms with Gasteiger partial charge in [0.2, 0.25) is 0 Å². The molecule has 0 bridgehead atoms. The van der Waals surface area contributed by atoms with Crippen LogP contribution < -0.4 is 10.2 Å². The van der Waals surface area contributed by atoms with Gasteiger partial charge in [-0.05, 0) is 123 Å². The van der Waals surface area contributed by atoms with Crippen molar-refractivity contribution in [1.82, 2.24) is 0 Å². The van der Waals surface area contributed by atoms with E-state index < -0.39 is 0 Å². The zero-order chi connectivity index (χ0) is 42.0. The fraction of sp³-hybridized carbons (Fsp3) is 0.0508. The molecule has 4 heteroatoms. The summed E-state index contributed by atoms with van der Waals surface area (Å²) in [6, 6.07) is 73.6. The highest BCUT2D eigenvalue weighted by Crippen LogP contribution is 2.45. The van der Waals surface area contributed by atoms with Gasteiger partial charge in [0.15, 0.2) is 0 Å². The molecule has 2 aromatic heterocycles. The maximum Gasteiger partial charge on any atom is 0.136 e. The van der Waals surface area contributed by atoms with Crippen LogP contribution >= 0.6 is 0 Å². The predicted molar refractivity (Wildman–Crippen MR) is 265 cm³/mol. The second-order valence-corrected chi connectivity index (χ2v) is 16.8. The van der Waals surface area contributed by atoms with Gasteiger partial charge in [-0.3, -0.25) is 0 Å². The van der Waals surface area contributed by atoms with E-state index in [0.717, 1.165) is 93.7 Å². The fourth-order valence-electron chi connectivity index (χ4n) is 9.47. The third-order valence-corrected chi connectivity index (χ3v) is 12.5. The number of fused-ring (bicyclic) bond motifs is 8. The molecule has 10 aromatic carbocycles. The van der Waals surface area contributed by atoms with Crippen LogP contribution in [0.5, 0.6) is 0 Å². The van der Waals surface area contributed by atoms with Crippen molar-refractivity contribution >= 4 is 93.9 Å². The molecule has 0 radical (unpaired) electrons. The van der Waals surface area contributed by atoms with E-state index in [1.165, 1.54) is 27.9 Å². The van der Waals surface area contributed by atoms with Gasteiger partial charge in [-0.1, -0.05) is 141 Å². The van der Waals surface area contributed by atoms with E-state index in [9.17, 15) is 0 Å². The van der Waals surface area contributed by atoms with E-state index in [0.29, 0.717) is 5.92 Å². The average molecular weight is 811 g/mol. The van der Waals surface area contributed by atoms with Gasteiger partial charge < -0.3 is 19.1 Å². The Labute approximate surface area is 365 Å². The van der Waals surface area contributed by atoms with Crippen molar-refractivity contribution in [2.45, 2.75) is 19.8 Å². The first-order chi connectivity index (χ1) is 31.0. The highest BCUT2D eigenvalue weighted by atomic mass is 16.3. The van der Waals surface area contributed by atoms with Gasteiger partial charge in [-0.2, -0.15) is 0 Å². The maximum absolute atomic E-state index is 6.72. The monoisotopic (exact) mass is 810 g/mol. The van der Waals surface area contributed by atoms with Gasteiger partial charge in [0.1, 0.15) is 22.3 Å². The summed E-state index contributed by atoms with van der Waals surface area (Å²) in [7, 11) is 0. The molecule has 0 aliphatic rings. The number of nitrogens with zero attached hydrogens (tertiary/aromatic N) is 1. The molecule has 4 nitrogen and oxygen atoms in total. The van der Waals surface area contributed by atoms with Crippen molar-refractivity contribution in [3.05, 3.63) is 212 Å². The Hall–Kier alpha value is -8.08. The predicted octanol–water partition coefficient (Wildman–Crippen LogP) is 17.5. The second kappa shape index (κ2) is 14.8. The molecule has 0 saturated heterocycles. The summed E-state index contributed by atoms with van der Waals surface area (Å²) in [6.45, 7) is 4.53. The molecule has 1 N–H and O–H groups in total. The molecule has 2 heterocycles. The van der Waals surface area contributed by atoms with Gasteiger partial charge in [0, 0.05) is 55.4 Å². The molecule has 0 amide bonds. The molecule has 300 valence electrons. The van der Waals surface area contributed by atoms with Gasteiger partial charge in [-0.25, -0.2) is 0 Å². The van der Waals surface area contributed by atoms with Crippen molar-refractivity contribution in [3.8, 4) is 22.3 Å². The van der Waals surface area contributed by atoms with Crippen molar-refractivity contribution in [1.29, 1.82) is 0 Å². The lowest BCUT2D eigenvalue weighted by molar-refractivity contribution is 0.664. The van der Waals surface area contributed by atoms with E-state index in [2.05, 4.69) is 224 Å². The lowest BCUT2D eigenvalue weighted by Crippen LogP contribution is -2.13. The lowest BCUT2D eigenvalue weighted by atomic mass is 9.97. The highest BCUT2D eigenvalue weighted by Gasteiger charge is 2.22. The molecule has 12 aromatic rings. The van der Waals surface area contributed by atoms with Crippen LogP contribution in [0, 0.1) is 0 Å². The van der Waals surface area contributed by atoms with Crippen LogP contribution in [-0.2, 0) is 0 Å². The molecular formula is C59H42N2O2. The number of nitrogens with one attached hydrogen (secondary N) is 1. The zero-order valence-corrected chi connectivity index (χ0v) is 35.0. The van der Waals surface area contributed by atoms with Crippen LogP contribution in [0.1, 0.15) is 25.3 Å². The minimum Gasteiger partial charge on any atom is -0.456 e. The van der Waals surface area contributed by atoms with Crippen molar-refractivity contribution in [3.63, 3.8) is 0 Å². The van der Waals surface area contributed by atoms with E-state index >= 15 is 0 Å². The first-order valence-electron chi connectivity index (χ1n) is 21.7. The summed E-state index contributed by atoms with van der Waals surface area (Å²) >= 11 is 0. The molecule has 0 fully saturated rings. The molecule has 63 heavy (non-hydrogen) atoms. The van der Waals surface area contributed by atoms with Crippen LogP contribution in [0.3, 0.4) is 0 Å². The number of benzene rings is 10. The normalized spacial score (nSPS) is 11.8. The van der Waals surface area contributed by atoms with E-state index in [4.69, 9.17) is 8.83 Å².